The third-order valence-electron chi connectivity index (χ3n) is 4.26. The first-order valence-corrected chi connectivity index (χ1v) is 8.58. The van der Waals surface area contributed by atoms with E-state index in [1.807, 2.05) is 30.3 Å². The second-order valence-electron chi connectivity index (χ2n) is 6.32. The van der Waals surface area contributed by atoms with E-state index in [-0.39, 0.29) is 18.7 Å². The van der Waals surface area contributed by atoms with Gasteiger partial charge >= 0.3 is 6.18 Å². The molecule has 0 spiro atoms. The van der Waals surface area contributed by atoms with Gasteiger partial charge in [0.25, 0.3) is 5.91 Å². The van der Waals surface area contributed by atoms with Gasteiger partial charge in [0.2, 0.25) is 0 Å². The van der Waals surface area contributed by atoms with E-state index in [4.69, 9.17) is 0 Å². The monoisotopic (exact) mass is 387 g/mol. The van der Waals surface area contributed by atoms with Gasteiger partial charge in [-0.2, -0.15) is 13.2 Å². The number of nitrogens with zero attached hydrogens (tertiary/aromatic N) is 1. The van der Waals surface area contributed by atoms with Crippen LogP contribution in [0.15, 0.2) is 78.9 Å². The number of rotatable bonds is 5. The summed E-state index contributed by atoms with van der Waals surface area (Å²) in [5.74, 6) is -1.17. The molecule has 0 unspecified atom stereocenters. The minimum absolute atomic E-state index is 0.0558. The third-order valence-corrected chi connectivity index (χ3v) is 4.26. The molecule has 3 aromatic carbocycles. The van der Waals surface area contributed by atoms with Gasteiger partial charge in [-0.15, -0.1) is 0 Å². The predicted octanol–water partition coefficient (Wildman–Crippen LogP) is 5.69. The van der Waals surface area contributed by atoms with Crippen molar-refractivity contribution >= 4 is 5.91 Å². The fourth-order valence-corrected chi connectivity index (χ4v) is 2.83. The highest BCUT2D eigenvalue weighted by Crippen LogP contribution is 2.29. The average molecular weight is 387 g/mol. The third kappa shape index (κ3) is 4.76. The molecular formula is C22H17F4NO. The lowest BCUT2D eigenvalue weighted by Gasteiger charge is -2.23. The Balaban J connectivity index is 1.88. The maximum Gasteiger partial charge on any atom is 0.416 e. The number of carbonyl (C=O) groups is 1. The summed E-state index contributed by atoms with van der Waals surface area (Å²) in [6.07, 6.45) is -4.43. The lowest BCUT2D eigenvalue weighted by Crippen LogP contribution is -2.30. The van der Waals surface area contributed by atoms with E-state index in [9.17, 15) is 22.4 Å². The topological polar surface area (TPSA) is 20.3 Å². The first kappa shape index (κ1) is 19.6. The molecule has 0 N–H and O–H groups in total. The van der Waals surface area contributed by atoms with Crippen LogP contribution in [-0.4, -0.2) is 10.8 Å². The zero-order chi connectivity index (χ0) is 20.1. The molecule has 3 rings (SSSR count). The Labute approximate surface area is 160 Å². The van der Waals surface area contributed by atoms with Crippen LogP contribution in [0.2, 0.25) is 0 Å². The molecule has 0 saturated heterocycles. The minimum atomic E-state index is -4.43. The fourth-order valence-electron chi connectivity index (χ4n) is 2.83. The van der Waals surface area contributed by atoms with Crippen LogP contribution in [-0.2, 0) is 19.3 Å². The first-order valence-electron chi connectivity index (χ1n) is 8.58. The molecule has 0 fully saturated rings. The Morgan fingerprint density at radius 3 is 1.86 bits per heavy atom. The molecule has 0 aliphatic heterocycles. The van der Waals surface area contributed by atoms with Crippen LogP contribution in [0.4, 0.5) is 17.6 Å². The van der Waals surface area contributed by atoms with Crippen molar-refractivity contribution in [3.05, 3.63) is 107 Å². The quantitative estimate of drug-likeness (QED) is 0.515. The van der Waals surface area contributed by atoms with E-state index >= 15 is 0 Å². The van der Waals surface area contributed by atoms with Crippen LogP contribution in [0.3, 0.4) is 0 Å². The zero-order valence-corrected chi connectivity index (χ0v) is 14.8. The highest BCUT2D eigenvalue weighted by Gasteiger charge is 2.30. The molecule has 2 nitrogen and oxygen atoms in total. The molecule has 0 saturated carbocycles. The second-order valence-corrected chi connectivity index (χ2v) is 6.32. The molecule has 0 heterocycles. The van der Waals surface area contributed by atoms with Gasteiger partial charge in [0.05, 0.1) is 11.1 Å². The van der Waals surface area contributed by atoms with Crippen LogP contribution in [0.25, 0.3) is 0 Å². The Bertz CT molecular complexity index is 937. The molecule has 1 amide bonds. The Morgan fingerprint density at radius 1 is 0.750 bits per heavy atom. The van der Waals surface area contributed by atoms with Gasteiger partial charge in [0.15, 0.2) is 0 Å². The molecule has 0 bridgehead atoms. The van der Waals surface area contributed by atoms with E-state index in [1.54, 1.807) is 6.07 Å². The van der Waals surface area contributed by atoms with E-state index < -0.39 is 23.5 Å². The van der Waals surface area contributed by atoms with E-state index in [2.05, 4.69) is 0 Å². The molecule has 0 aromatic heterocycles. The SMILES string of the molecule is O=C(c1ccccc1F)N(Cc1ccccc1)Cc1ccc(C(F)(F)F)cc1. The highest BCUT2D eigenvalue weighted by atomic mass is 19.4. The van der Waals surface area contributed by atoms with Crippen molar-refractivity contribution in [1.29, 1.82) is 0 Å². The number of amides is 1. The summed E-state index contributed by atoms with van der Waals surface area (Å²) in [4.78, 5) is 14.3. The summed E-state index contributed by atoms with van der Waals surface area (Å²) in [7, 11) is 0. The minimum Gasteiger partial charge on any atom is -0.330 e. The van der Waals surface area contributed by atoms with Crippen molar-refractivity contribution in [2.24, 2.45) is 0 Å². The summed E-state index contributed by atoms with van der Waals surface area (Å²) in [6.45, 7) is 0.259. The molecule has 28 heavy (non-hydrogen) atoms. The summed E-state index contributed by atoms with van der Waals surface area (Å²) < 4.78 is 52.4. The lowest BCUT2D eigenvalue weighted by molar-refractivity contribution is -0.137. The zero-order valence-electron chi connectivity index (χ0n) is 14.8. The Morgan fingerprint density at radius 2 is 1.29 bits per heavy atom. The van der Waals surface area contributed by atoms with E-state index in [1.165, 1.54) is 35.2 Å². The van der Waals surface area contributed by atoms with Gasteiger partial charge in [-0.1, -0.05) is 54.6 Å². The maximum absolute atomic E-state index is 14.1. The van der Waals surface area contributed by atoms with Gasteiger partial charge in [-0.3, -0.25) is 4.79 Å². The molecule has 0 aliphatic rings. The predicted molar refractivity (Wildman–Crippen MR) is 97.9 cm³/mol. The average Bonchev–Trinajstić information content (AvgIpc) is 2.68. The van der Waals surface area contributed by atoms with Crippen molar-refractivity contribution in [3.63, 3.8) is 0 Å². The molecule has 3 aromatic rings. The Kier molecular flexibility index (Phi) is 5.78. The maximum atomic E-state index is 14.1. The highest BCUT2D eigenvalue weighted by molar-refractivity contribution is 5.94. The standard InChI is InChI=1S/C22H17F4NO/c23-20-9-5-4-8-19(20)21(28)27(14-16-6-2-1-3-7-16)15-17-10-12-18(13-11-17)22(24,25)26/h1-13H,14-15H2. The van der Waals surface area contributed by atoms with Crippen molar-refractivity contribution < 1.29 is 22.4 Å². The van der Waals surface area contributed by atoms with Gasteiger partial charge < -0.3 is 4.90 Å². The largest absolute Gasteiger partial charge is 0.416 e. The summed E-state index contributed by atoms with van der Waals surface area (Å²) in [5, 5.41) is 0. The van der Waals surface area contributed by atoms with Crippen LogP contribution in [0, 0.1) is 5.82 Å². The van der Waals surface area contributed by atoms with Gasteiger partial charge in [-0.05, 0) is 35.4 Å². The number of benzene rings is 3. The number of carbonyl (C=O) groups excluding carboxylic acids is 1. The summed E-state index contributed by atoms with van der Waals surface area (Å²) in [6, 6.07) is 19.4. The molecule has 0 atom stereocenters. The van der Waals surface area contributed by atoms with Crippen molar-refractivity contribution in [3.8, 4) is 0 Å². The van der Waals surface area contributed by atoms with Crippen LogP contribution < -0.4 is 0 Å². The number of hydrogen-bond acceptors (Lipinski definition) is 1. The van der Waals surface area contributed by atoms with Crippen molar-refractivity contribution in [2.45, 2.75) is 19.3 Å². The molecule has 6 heteroatoms. The Hall–Kier alpha value is -3.15. The summed E-state index contributed by atoms with van der Waals surface area (Å²) >= 11 is 0. The lowest BCUT2D eigenvalue weighted by atomic mass is 10.1. The molecule has 144 valence electrons. The number of hydrogen-bond donors (Lipinski definition) is 0. The van der Waals surface area contributed by atoms with Crippen LogP contribution >= 0.6 is 0 Å². The van der Waals surface area contributed by atoms with E-state index in [0.29, 0.717) is 5.56 Å². The van der Waals surface area contributed by atoms with Gasteiger partial charge in [0, 0.05) is 13.1 Å². The second kappa shape index (κ2) is 8.25. The first-order chi connectivity index (χ1) is 13.3. The smallest absolute Gasteiger partial charge is 0.330 e. The van der Waals surface area contributed by atoms with E-state index in [0.717, 1.165) is 17.7 Å². The number of alkyl halides is 3. The van der Waals surface area contributed by atoms with Crippen molar-refractivity contribution in [2.75, 3.05) is 0 Å². The fraction of sp³-hybridized carbons (Fsp3) is 0.136. The van der Waals surface area contributed by atoms with Crippen LogP contribution in [0.1, 0.15) is 27.0 Å². The van der Waals surface area contributed by atoms with Gasteiger partial charge in [0.1, 0.15) is 5.82 Å². The molecule has 0 radical (unpaired) electrons. The summed E-state index contributed by atoms with van der Waals surface area (Å²) in [5.41, 5.74) is 0.518. The van der Waals surface area contributed by atoms with Crippen LogP contribution in [0.5, 0.6) is 0 Å². The molecule has 0 aliphatic carbocycles. The molecular weight excluding hydrogens is 370 g/mol. The van der Waals surface area contributed by atoms with Crippen molar-refractivity contribution in [1.82, 2.24) is 4.90 Å². The van der Waals surface area contributed by atoms with Gasteiger partial charge in [-0.25, -0.2) is 4.39 Å². The number of halogens is 4. The normalized spacial score (nSPS) is 11.3.